The van der Waals surface area contributed by atoms with Gasteiger partial charge in [-0.15, -0.1) is 21.5 Å². The molecule has 0 bridgehead atoms. The number of benzene rings is 2. The number of halogens is 1. The average Bonchev–Trinajstić information content (AvgIpc) is 3.46. The van der Waals surface area contributed by atoms with Crippen molar-refractivity contribution in [3.63, 3.8) is 0 Å². The van der Waals surface area contributed by atoms with Crippen LogP contribution < -0.4 is 9.64 Å². The summed E-state index contributed by atoms with van der Waals surface area (Å²) in [6.07, 6.45) is 0. The van der Waals surface area contributed by atoms with Crippen molar-refractivity contribution in [3.05, 3.63) is 65.4 Å². The van der Waals surface area contributed by atoms with Gasteiger partial charge in [-0.3, -0.25) is 14.3 Å². The standard InChI is InChI=1S/C24H24FN5O2S2/c1-4-29(16(3)31)23-26-18(14-33-23)15-34-24-28-27-22(17-10-12-19(13-11-17)32-5-2)30(24)21-9-7-6-8-20(21)25/h6-14H,4-5,15H2,1-3H3. The molecule has 0 saturated carbocycles. The van der Waals surface area contributed by atoms with E-state index in [0.29, 0.717) is 40.7 Å². The molecule has 176 valence electrons. The van der Waals surface area contributed by atoms with Crippen molar-refractivity contribution < 1.29 is 13.9 Å². The number of anilines is 1. The summed E-state index contributed by atoms with van der Waals surface area (Å²) in [7, 11) is 0. The lowest BCUT2D eigenvalue weighted by molar-refractivity contribution is -0.116. The summed E-state index contributed by atoms with van der Waals surface area (Å²) in [4.78, 5) is 18.0. The van der Waals surface area contributed by atoms with Gasteiger partial charge < -0.3 is 4.74 Å². The molecule has 34 heavy (non-hydrogen) atoms. The van der Waals surface area contributed by atoms with Gasteiger partial charge in [-0.2, -0.15) is 0 Å². The number of para-hydroxylation sites is 1. The molecule has 0 N–H and O–H groups in total. The van der Waals surface area contributed by atoms with E-state index < -0.39 is 0 Å². The molecule has 4 aromatic rings. The predicted molar refractivity (Wildman–Crippen MR) is 133 cm³/mol. The first-order valence-corrected chi connectivity index (χ1v) is 12.7. The quantitative estimate of drug-likeness (QED) is 0.281. The van der Waals surface area contributed by atoms with Gasteiger partial charge in [0.1, 0.15) is 11.6 Å². The lowest BCUT2D eigenvalue weighted by Crippen LogP contribution is -2.27. The van der Waals surface area contributed by atoms with Crippen LogP contribution in [-0.2, 0) is 10.5 Å². The Hall–Kier alpha value is -3.24. The van der Waals surface area contributed by atoms with E-state index in [1.54, 1.807) is 27.7 Å². The molecule has 0 spiro atoms. The second-order valence-electron chi connectivity index (χ2n) is 7.22. The number of hydrogen-bond acceptors (Lipinski definition) is 7. The van der Waals surface area contributed by atoms with Crippen LogP contribution in [0.15, 0.2) is 59.1 Å². The molecular formula is C24H24FN5O2S2. The smallest absolute Gasteiger partial charge is 0.225 e. The fourth-order valence-corrected chi connectivity index (χ4v) is 5.26. The normalized spacial score (nSPS) is 10.9. The highest BCUT2D eigenvalue weighted by molar-refractivity contribution is 7.98. The first kappa shape index (κ1) is 23.9. The third-order valence-electron chi connectivity index (χ3n) is 4.97. The minimum absolute atomic E-state index is 0.0460. The predicted octanol–water partition coefficient (Wildman–Crippen LogP) is 5.59. The van der Waals surface area contributed by atoms with Crippen molar-refractivity contribution in [2.75, 3.05) is 18.1 Å². The molecule has 2 heterocycles. The third kappa shape index (κ3) is 5.13. The second kappa shape index (κ2) is 10.8. The van der Waals surface area contributed by atoms with Crippen molar-refractivity contribution in [1.82, 2.24) is 19.7 Å². The maximum Gasteiger partial charge on any atom is 0.225 e. The number of ether oxygens (including phenoxy) is 1. The van der Waals surface area contributed by atoms with Crippen LogP contribution in [0.3, 0.4) is 0 Å². The van der Waals surface area contributed by atoms with Gasteiger partial charge in [0.25, 0.3) is 0 Å². The maximum absolute atomic E-state index is 14.8. The van der Waals surface area contributed by atoms with E-state index in [9.17, 15) is 9.18 Å². The molecule has 0 aliphatic carbocycles. The topological polar surface area (TPSA) is 73.1 Å². The van der Waals surface area contributed by atoms with Crippen LogP contribution in [0.1, 0.15) is 26.5 Å². The van der Waals surface area contributed by atoms with Crippen molar-refractivity contribution >= 4 is 34.1 Å². The number of thiazole rings is 1. The Labute approximate surface area is 205 Å². The molecule has 1 amide bonds. The van der Waals surface area contributed by atoms with E-state index in [2.05, 4.69) is 15.2 Å². The van der Waals surface area contributed by atoms with Crippen LogP contribution in [0.25, 0.3) is 17.1 Å². The summed E-state index contributed by atoms with van der Waals surface area (Å²) < 4.78 is 22.1. The Morgan fingerprint density at radius 3 is 2.59 bits per heavy atom. The Balaban J connectivity index is 1.65. The van der Waals surface area contributed by atoms with Crippen LogP contribution in [0, 0.1) is 5.82 Å². The Kier molecular flexibility index (Phi) is 7.59. The zero-order valence-corrected chi connectivity index (χ0v) is 20.7. The number of aromatic nitrogens is 4. The number of carbonyl (C=O) groups is 1. The molecule has 4 rings (SSSR count). The van der Waals surface area contributed by atoms with E-state index >= 15 is 0 Å². The monoisotopic (exact) mass is 497 g/mol. The van der Waals surface area contributed by atoms with E-state index in [1.807, 2.05) is 43.5 Å². The zero-order valence-electron chi connectivity index (χ0n) is 19.1. The van der Waals surface area contributed by atoms with Crippen LogP contribution in [0.2, 0.25) is 0 Å². The minimum Gasteiger partial charge on any atom is -0.494 e. The molecular weight excluding hydrogens is 473 g/mol. The fourth-order valence-electron chi connectivity index (χ4n) is 3.39. The molecule has 0 aliphatic rings. The van der Waals surface area contributed by atoms with E-state index in [1.165, 1.54) is 36.1 Å². The van der Waals surface area contributed by atoms with E-state index in [4.69, 9.17) is 4.74 Å². The summed E-state index contributed by atoms with van der Waals surface area (Å²) in [5, 5.41) is 11.9. The van der Waals surface area contributed by atoms with E-state index in [0.717, 1.165) is 17.0 Å². The van der Waals surface area contributed by atoms with Gasteiger partial charge in [-0.05, 0) is 50.2 Å². The molecule has 2 aromatic heterocycles. The van der Waals surface area contributed by atoms with Gasteiger partial charge >= 0.3 is 0 Å². The van der Waals surface area contributed by atoms with Crippen molar-refractivity contribution in [1.29, 1.82) is 0 Å². The molecule has 0 unspecified atom stereocenters. The Bertz CT molecular complexity index is 1270. The summed E-state index contributed by atoms with van der Waals surface area (Å²) in [5.41, 5.74) is 1.98. The summed E-state index contributed by atoms with van der Waals surface area (Å²) in [6, 6.07) is 14.0. The van der Waals surface area contributed by atoms with Gasteiger partial charge in [0.15, 0.2) is 16.1 Å². The van der Waals surface area contributed by atoms with Crippen molar-refractivity contribution in [3.8, 4) is 22.8 Å². The molecule has 0 saturated heterocycles. The molecule has 0 radical (unpaired) electrons. The first-order chi connectivity index (χ1) is 16.5. The Morgan fingerprint density at radius 2 is 1.91 bits per heavy atom. The van der Waals surface area contributed by atoms with E-state index in [-0.39, 0.29) is 11.7 Å². The number of thioether (sulfide) groups is 1. The average molecular weight is 498 g/mol. The third-order valence-corrected chi connectivity index (χ3v) is 6.84. The van der Waals surface area contributed by atoms with Gasteiger partial charge in [-0.25, -0.2) is 9.37 Å². The lowest BCUT2D eigenvalue weighted by atomic mass is 10.2. The van der Waals surface area contributed by atoms with Crippen LogP contribution in [0.4, 0.5) is 9.52 Å². The highest BCUT2D eigenvalue weighted by atomic mass is 32.2. The maximum atomic E-state index is 14.8. The van der Waals surface area contributed by atoms with Gasteiger partial charge in [-0.1, -0.05) is 23.9 Å². The molecule has 7 nitrogen and oxygen atoms in total. The fraction of sp³-hybridized carbons (Fsp3) is 0.250. The molecule has 0 atom stereocenters. The molecule has 2 aromatic carbocycles. The molecule has 0 fully saturated rings. The van der Waals surface area contributed by atoms with Gasteiger partial charge in [0.2, 0.25) is 5.91 Å². The van der Waals surface area contributed by atoms with Crippen molar-refractivity contribution in [2.24, 2.45) is 0 Å². The number of amides is 1. The highest BCUT2D eigenvalue weighted by Gasteiger charge is 2.20. The molecule has 0 aliphatic heterocycles. The van der Waals surface area contributed by atoms with Gasteiger partial charge in [0, 0.05) is 30.2 Å². The Morgan fingerprint density at radius 1 is 1.15 bits per heavy atom. The highest BCUT2D eigenvalue weighted by Crippen LogP contribution is 2.32. The SMILES string of the molecule is CCOc1ccc(-c2nnc(SCc3csc(N(CC)C(C)=O)n3)n2-c2ccccc2F)cc1. The number of nitrogens with zero attached hydrogens (tertiary/aromatic N) is 5. The zero-order chi connectivity index (χ0) is 24.1. The van der Waals surface area contributed by atoms with Crippen LogP contribution in [-0.4, -0.2) is 38.8 Å². The summed E-state index contributed by atoms with van der Waals surface area (Å²) >= 11 is 2.83. The second-order valence-corrected chi connectivity index (χ2v) is 9.00. The number of hydrogen-bond donors (Lipinski definition) is 0. The summed E-state index contributed by atoms with van der Waals surface area (Å²) in [6.45, 7) is 6.50. The molecule has 10 heteroatoms. The van der Waals surface area contributed by atoms with Gasteiger partial charge in [0.05, 0.1) is 18.0 Å². The van der Waals surface area contributed by atoms with Crippen molar-refractivity contribution in [2.45, 2.75) is 31.7 Å². The number of rotatable bonds is 9. The lowest BCUT2D eigenvalue weighted by Gasteiger charge is -2.14. The van der Waals surface area contributed by atoms with Crippen LogP contribution in [0.5, 0.6) is 5.75 Å². The number of carbonyl (C=O) groups excluding carboxylic acids is 1. The minimum atomic E-state index is -0.368. The largest absolute Gasteiger partial charge is 0.494 e. The first-order valence-electron chi connectivity index (χ1n) is 10.8. The van der Waals surface area contributed by atoms with Crippen LogP contribution >= 0.6 is 23.1 Å². The summed E-state index contributed by atoms with van der Waals surface area (Å²) in [5.74, 6) is 1.37.